The summed E-state index contributed by atoms with van der Waals surface area (Å²) in [5.74, 6) is -0.0404. The molecule has 1 aliphatic rings. The number of piperazine rings is 1. The molecule has 2 aromatic rings. The van der Waals surface area contributed by atoms with Gasteiger partial charge in [0, 0.05) is 32.4 Å². The molecule has 25 heavy (non-hydrogen) atoms. The van der Waals surface area contributed by atoms with Crippen LogP contribution in [0.3, 0.4) is 0 Å². The second-order valence-electron chi connectivity index (χ2n) is 6.04. The van der Waals surface area contributed by atoms with Gasteiger partial charge in [-0.1, -0.05) is 30.3 Å². The van der Waals surface area contributed by atoms with E-state index in [0.29, 0.717) is 12.2 Å². The maximum Gasteiger partial charge on any atom is 0.238 e. The van der Waals surface area contributed by atoms with Crippen LogP contribution in [-0.2, 0) is 4.79 Å². The van der Waals surface area contributed by atoms with E-state index in [-0.39, 0.29) is 11.9 Å². The standard InChI is InChI=1S/C19H21N5O/c20-13-18(16-5-2-1-3-6-16)24-11-9-23(10-12-24)15-19(25)22-17-7-4-8-21-14-17/h1-8,14,18H,9-12,15H2,(H,22,25)/t18-/m0/s1. The summed E-state index contributed by atoms with van der Waals surface area (Å²) in [5.41, 5.74) is 1.73. The summed E-state index contributed by atoms with van der Waals surface area (Å²) in [6.07, 6.45) is 3.31. The molecular formula is C19H21N5O. The van der Waals surface area contributed by atoms with Gasteiger partial charge in [-0.15, -0.1) is 0 Å². The lowest BCUT2D eigenvalue weighted by Gasteiger charge is -2.36. The van der Waals surface area contributed by atoms with Crippen molar-refractivity contribution in [2.75, 3.05) is 38.0 Å². The van der Waals surface area contributed by atoms with Crippen molar-refractivity contribution in [3.8, 4) is 6.07 Å². The fraction of sp³-hybridized carbons (Fsp3) is 0.316. The number of nitrogens with one attached hydrogen (secondary N) is 1. The SMILES string of the molecule is N#C[C@@H](c1ccccc1)N1CCN(CC(=O)Nc2cccnc2)CC1. The highest BCUT2D eigenvalue weighted by Gasteiger charge is 2.25. The van der Waals surface area contributed by atoms with Crippen LogP contribution in [0, 0.1) is 11.3 Å². The summed E-state index contributed by atoms with van der Waals surface area (Å²) in [4.78, 5) is 20.4. The van der Waals surface area contributed by atoms with Crippen molar-refractivity contribution in [3.05, 3.63) is 60.4 Å². The van der Waals surface area contributed by atoms with Crippen molar-refractivity contribution < 1.29 is 4.79 Å². The Kier molecular flexibility index (Phi) is 5.73. The van der Waals surface area contributed by atoms with E-state index in [9.17, 15) is 10.1 Å². The van der Waals surface area contributed by atoms with E-state index in [1.54, 1.807) is 18.5 Å². The number of anilines is 1. The van der Waals surface area contributed by atoms with E-state index in [0.717, 1.165) is 31.7 Å². The first-order chi connectivity index (χ1) is 12.3. The lowest BCUT2D eigenvalue weighted by molar-refractivity contribution is -0.117. The monoisotopic (exact) mass is 335 g/mol. The van der Waals surface area contributed by atoms with Crippen LogP contribution in [0.5, 0.6) is 0 Å². The highest BCUT2D eigenvalue weighted by Crippen LogP contribution is 2.21. The van der Waals surface area contributed by atoms with Gasteiger partial charge in [0.1, 0.15) is 6.04 Å². The largest absolute Gasteiger partial charge is 0.324 e. The molecule has 1 N–H and O–H groups in total. The van der Waals surface area contributed by atoms with Gasteiger partial charge < -0.3 is 5.32 Å². The van der Waals surface area contributed by atoms with Crippen LogP contribution in [0.25, 0.3) is 0 Å². The zero-order valence-electron chi connectivity index (χ0n) is 14.0. The van der Waals surface area contributed by atoms with Crippen LogP contribution in [0.4, 0.5) is 5.69 Å². The number of carbonyl (C=O) groups is 1. The van der Waals surface area contributed by atoms with Crippen LogP contribution < -0.4 is 5.32 Å². The fourth-order valence-electron chi connectivity index (χ4n) is 3.02. The molecule has 1 fully saturated rings. The predicted octanol–water partition coefficient (Wildman–Crippen LogP) is 1.90. The van der Waals surface area contributed by atoms with Crippen molar-refractivity contribution in [2.45, 2.75) is 6.04 Å². The molecule has 0 unspecified atom stereocenters. The Bertz CT molecular complexity index is 720. The minimum absolute atomic E-state index is 0.0404. The van der Waals surface area contributed by atoms with Crippen molar-refractivity contribution >= 4 is 11.6 Å². The number of hydrogen-bond donors (Lipinski definition) is 1. The number of hydrogen-bond acceptors (Lipinski definition) is 5. The molecule has 6 nitrogen and oxygen atoms in total. The Morgan fingerprint density at radius 1 is 1.16 bits per heavy atom. The third-order valence-electron chi connectivity index (χ3n) is 4.32. The summed E-state index contributed by atoms with van der Waals surface area (Å²) in [7, 11) is 0. The van der Waals surface area contributed by atoms with Crippen LogP contribution in [-0.4, -0.2) is 53.4 Å². The molecule has 6 heteroatoms. The van der Waals surface area contributed by atoms with E-state index < -0.39 is 0 Å². The average molecular weight is 335 g/mol. The molecule has 2 heterocycles. The molecule has 3 rings (SSSR count). The quantitative estimate of drug-likeness (QED) is 0.903. The van der Waals surface area contributed by atoms with E-state index in [4.69, 9.17) is 0 Å². The molecule has 0 aliphatic carbocycles. The van der Waals surface area contributed by atoms with E-state index in [1.165, 1.54) is 0 Å². The minimum atomic E-state index is -0.229. The Hall–Kier alpha value is -2.75. The number of rotatable bonds is 5. The molecule has 0 spiro atoms. The first-order valence-electron chi connectivity index (χ1n) is 8.37. The highest BCUT2D eigenvalue weighted by atomic mass is 16.2. The van der Waals surface area contributed by atoms with Crippen molar-refractivity contribution in [1.29, 1.82) is 5.26 Å². The summed E-state index contributed by atoms with van der Waals surface area (Å²) < 4.78 is 0. The van der Waals surface area contributed by atoms with Gasteiger partial charge in [0.25, 0.3) is 0 Å². The molecule has 1 saturated heterocycles. The number of aromatic nitrogens is 1. The molecular weight excluding hydrogens is 314 g/mol. The summed E-state index contributed by atoms with van der Waals surface area (Å²) in [6.45, 7) is 3.43. The second-order valence-corrected chi connectivity index (χ2v) is 6.04. The van der Waals surface area contributed by atoms with Crippen LogP contribution in [0.15, 0.2) is 54.9 Å². The van der Waals surface area contributed by atoms with Gasteiger partial charge in [0.05, 0.1) is 24.5 Å². The number of amides is 1. The van der Waals surface area contributed by atoms with E-state index in [1.807, 2.05) is 36.4 Å². The third-order valence-corrected chi connectivity index (χ3v) is 4.32. The maximum absolute atomic E-state index is 12.1. The summed E-state index contributed by atoms with van der Waals surface area (Å²) in [6, 6.07) is 15.6. The lowest BCUT2D eigenvalue weighted by atomic mass is 10.1. The minimum Gasteiger partial charge on any atom is -0.324 e. The molecule has 1 aromatic heterocycles. The Morgan fingerprint density at radius 2 is 1.92 bits per heavy atom. The third kappa shape index (κ3) is 4.63. The van der Waals surface area contributed by atoms with Crippen LogP contribution >= 0.6 is 0 Å². The highest BCUT2D eigenvalue weighted by molar-refractivity contribution is 5.92. The van der Waals surface area contributed by atoms with Gasteiger partial charge >= 0.3 is 0 Å². The average Bonchev–Trinajstić information content (AvgIpc) is 2.65. The first kappa shape index (κ1) is 17.1. The molecule has 0 radical (unpaired) electrons. The topological polar surface area (TPSA) is 72.3 Å². The number of benzene rings is 1. The van der Waals surface area contributed by atoms with Gasteiger partial charge in [0.15, 0.2) is 0 Å². The summed E-state index contributed by atoms with van der Waals surface area (Å²) >= 11 is 0. The summed E-state index contributed by atoms with van der Waals surface area (Å²) in [5, 5.41) is 12.4. The van der Waals surface area contributed by atoms with Gasteiger partial charge in [-0.3, -0.25) is 19.6 Å². The van der Waals surface area contributed by atoms with Crippen LogP contribution in [0.1, 0.15) is 11.6 Å². The number of pyridine rings is 1. The molecule has 1 amide bonds. The molecule has 0 bridgehead atoms. The molecule has 1 atom stereocenters. The molecule has 0 saturated carbocycles. The smallest absolute Gasteiger partial charge is 0.238 e. The lowest BCUT2D eigenvalue weighted by Crippen LogP contribution is -2.49. The zero-order chi connectivity index (χ0) is 17.5. The Labute approximate surface area is 147 Å². The van der Waals surface area contributed by atoms with Crippen molar-refractivity contribution in [3.63, 3.8) is 0 Å². The normalized spacial score (nSPS) is 16.8. The van der Waals surface area contributed by atoms with Gasteiger partial charge in [0.2, 0.25) is 5.91 Å². The Balaban J connectivity index is 1.50. The van der Waals surface area contributed by atoms with Gasteiger partial charge in [-0.2, -0.15) is 5.26 Å². The van der Waals surface area contributed by atoms with E-state index >= 15 is 0 Å². The van der Waals surface area contributed by atoms with Crippen molar-refractivity contribution in [1.82, 2.24) is 14.8 Å². The number of carbonyl (C=O) groups excluding carboxylic acids is 1. The predicted molar refractivity (Wildman–Crippen MR) is 95.7 cm³/mol. The van der Waals surface area contributed by atoms with E-state index in [2.05, 4.69) is 26.2 Å². The molecule has 128 valence electrons. The second kappa shape index (κ2) is 8.38. The number of nitriles is 1. The molecule has 1 aliphatic heterocycles. The fourth-order valence-corrected chi connectivity index (χ4v) is 3.02. The number of nitrogens with zero attached hydrogens (tertiary/aromatic N) is 4. The first-order valence-corrected chi connectivity index (χ1v) is 8.37. The van der Waals surface area contributed by atoms with Crippen molar-refractivity contribution in [2.24, 2.45) is 0 Å². The molecule has 1 aromatic carbocycles. The van der Waals surface area contributed by atoms with Crippen LogP contribution in [0.2, 0.25) is 0 Å². The van der Waals surface area contributed by atoms with Gasteiger partial charge in [-0.05, 0) is 17.7 Å². The van der Waals surface area contributed by atoms with Gasteiger partial charge in [-0.25, -0.2) is 0 Å². The maximum atomic E-state index is 12.1. The Morgan fingerprint density at radius 3 is 2.56 bits per heavy atom. The zero-order valence-corrected chi connectivity index (χ0v) is 14.0.